The highest BCUT2D eigenvalue weighted by Crippen LogP contribution is 2.27. The highest BCUT2D eigenvalue weighted by Gasteiger charge is 2.16. The Balaban J connectivity index is 1.94. The molecule has 1 aromatic heterocycles. The molecule has 1 atom stereocenters. The summed E-state index contributed by atoms with van der Waals surface area (Å²) in [5, 5.41) is 10.2. The highest BCUT2D eigenvalue weighted by molar-refractivity contribution is 5.37. The summed E-state index contributed by atoms with van der Waals surface area (Å²) in [5.74, 6) is 0. The molecule has 0 bridgehead atoms. The van der Waals surface area contributed by atoms with E-state index in [-0.39, 0.29) is 0 Å². The zero-order valence-corrected chi connectivity index (χ0v) is 9.50. The average Bonchev–Trinajstić information content (AvgIpc) is 2.86. The Morgan fingerprint density at radius 3 is 2.82 bits per heavy atom. The Morgan fingerprint density at radius 1 is 1.12 bits per heavy atom. The molecule has 0 radical (unpaired) electrons. The van der Waals surface area contributed by atoms with Gasteiger partial charge in [0.05, 0.1) is 5.69 Å². The maximum atomic E-state index is 10.2. The molecule has 1 unspecified atom stereocenters. The lowest BCUT2D eigenvalue weighted by molar-refractivity contribution is 0.215. The molecule has 1 aromatic carbocycles. The standard InChI is InChI=1S/C14H14N2O/c17-14(13-6-7-15-9-16-13)12-5-4-10-2-1-3-11(10)8-12/h4-9,14,17H,1-3H2. The van der Waals surface area contributed by atoms with Gasteiger partial charge in [-0.25, -0.2) is 9.97 Å². The van der Waals surface area contributed by atoms with Crippen LogP contribution in [-0.4, -0.2) is 15.1 Å². The molecule has 17 heavy (non-hydrogen) atoms. The van der Waals surface area contributed by atoms with E-state index < -0.39 is 6.10 Å². The number of aromatic nitrogens is 2. The first-order valence-electron chi connectivity index (χ1n) is 5.90. The fraction of sp³-hybridized carbons (Fsp3) is 0.286. The second-order valence-electron chi connectivity index (χ2n) is 4.42. The van der Waals surface area contributed by atoms with Gasteiger partial charge >= 0.3 is 0 Å². The quantitative estimate of drug-likeness (QED) is 0.852. The monoisotopic (exact) mass is 226 g/mol. The fourth-order valence-electron chi connectivity index (χ4n) is 2.40. The molecule has 3 nitrogen and oxygen atoms in total. The van der Waals surface area contributed by atoms with Gasteiger partial charge in [0.2, 0.25) is 0 Å². The number of hydrogen-bond donors (Lipinski definition) is 1. The van der Waals surface area contributed by atoms with E-state index in [1.807, 2.05) is 6.07 Å². The number of aliphatic hydroxyl groups excluding tert-OH is 1. The predicted molar refractivity (Wildman–Crippen MR) is 64.6 cm³/mol. The number of nitrogens with zero attached hydrogens (tertiary/aromatic N) is 2. The lowest BCUT2D eigenvalue weighted by Crippen LogP contribution is -2.03. The number of benzene rings is 1. The molecule has 86 valence electrons. The van der Waals surface area contributed by atoms with Crippen molar-refractivity contribution in [2.45, 2.75) is 25.4 Å². The Bertz CT molecular complexity index is 525. The van der Waals surface area contributed by atoms with Gasteiger partial charge in [0.15, 0.2) is 0 Å². The SMILES string of the molecule is OC(c1ccc2c(c1)CCC2)c1ccncn1. The van der Waals surface area contributed by atoms with Crippen LogP contribution in [0.15, 0.2) is 36.8 Å². The zero-order valence-electron chi connectivity index (χ0n) is 9.50. The Hall–Kier alpha value is -1.74. The Labute approximate surface area is 100 Å². The second-order valence-corrected chi connectivity index (χ2v) is 4.42. The molecule has 2 aromatic rings. The van der Waals surface area contributed by atoms with Crippen LogP contribution in [0, 0.1) is 0 Å². The topological polar surface area (TPSA) is 46.0 Å². The predicted octanol–water partition coefficient (Wildman–Crippen LogP) is 2.05. The van der Waals surface area contributed by atoms with Crippen LogP contribution >= 0.6 is 0 Å². The molecule has 3 rings (SSSR count). The van der Waals surface area contributed by atoms with E-state index in [2.05, 4.69) is 22.1 Å². The third-order valence-corrected chi connectivity index (χ3v) is 3.32. The molecule has 0 saturated heterocycles. The minimum atomic E-state index is -0.649. The van der Waals surface area contributed by atoms with Crippen molar-refractivity contribution >= 4 is 0 Å². The van der Waals surface area contributed by atoms with Crippen LogP contribution in [0.3, 0.4) is 0 Å². The number of aryl methyl sites for hydroxylation is 2. The summed E-state index contributed by atoms with van der Waals surface area (Å²) in [5.41, 5.74) is 4.36. The van der Waals surface area contributed by atoms with E-state index in [0.717, 1.165) is 12.0 Å². The van der Waals surface area contributed by atoms with E-state index in [0.29, 0.717) is 5.69 Å². The van der Waals surface area contributed by atoms with E-state index >= 15 is 0 Å². The molecule has 0 spiro atoms. The summed E-state index contributed by atoms with van der Waals surface area (Å²) in [7, 11) is 0. The van der Waals surface area contributed by atoms with E-state index in [1.165, 1.54) is 30.3 Å². The second kappa shape index (κ2) is 4.26. The Morgan fingerprint density at radius 2 is 2.00 bits per heavy atom. The number of hydrogen-bond acceptors (Lipinski definition) is 3. The molecule has 3 heteroatoms. The van der Waals surface area contributed by atoms with E-state index in [9.17, 15) is 5.11 Å². The normalized spacial score (nSPS) is 15.6. The number of fused-ring (bicyclic) bond motifs is 1. The van der Waals surface area contributed by atoms with Gasteiger partial charge in [0, 0.05) is 6.20 Å². The lowest BCUT2D eigenvalue weighted by Gasteiger charge is -2.11. The van der Waals surface area contributed by atoms with Crippen molar-refractivity contribution in [1.29, 1.82) is 0 Å². The summed E-state index contributed by atoms with van der Waals surface area (Å²) in [6.07, 6.45) is 5.98. The van der Waals surface area contributed by atoms with Crippen molar-refractivity contribution in [1.82, 2.24) is 9.97 Å². The summed E-state index contributed by atoms with van der Waals surface area (Å²) < 4.78 is 0. The van der Waals surface area contributed by atoms with Gasteiger partial charge < -0.3 is 5.11 Å². The van der Waals surface area contributed by atoms with Crippen molar-refractivity contribution in [2.24, 2.45) is 0 Å². The van der Waals surface area contributed by atoms with Crippen LogP contribution in [0.4, 0.5) is 0 Å². The van der Waals surface area contributed by atoms with Gasteiger partial charge in [-0.2, -0.15) is 0 Å². The highest BCUT2D eigenvalue weighted by atomic mass is 16.3. The smallest absolute Gasteiger partial charge is 0.121 e. The first-order chi connectivity index (χ1) is 8.34. The average molecular weight is 226 g/mol. The summed E-state index contributed by atoms with van der Waals surface area (Å²) in [4.78, 5) is 7.94. The zero-order chi connectivity index (χ0) is 11.7. The van der Waals surface area contributed by atoms with Crippen LogP contribution in [-0.2, 0) is 12.8 Å². The van der Waals surface area contributed by atoms with Gasteiger partial charge in [-0.1, -0.05) is 18.2 Å². The maximum absolute atomic E-state index is 10.2. The van der Waals surface area contributed by atoms with Crippen molar-refractivity contribution in [3.63, 3.8) is 0 Å². The number of rotatable bonds is 2. The van der Waals surface area contributed by atoms with Crippen molar-refractivity contribution in [2.75, 3.05) is 0 Å². The molecule has 0 fully saturated rings. The largest absolute Gasteiger partial charge is 0.382 e. The molecular formula is C14H14N2O. The molecule has 1 N–H and O–H groups in total. The number of aliphatic hydroxyl groups is 1. The van der Waals surface area contributed by atoms with Crippen LogP contribution in [0.2, 0.25) is 0 Å². The molecule has 1 heterocycles. The van der Waals surface area contributed by atoms with Crippen LogP contribution in [0.25, 0.3) is 0 Å². The van der Waals surface area contributed by atoms with Gasteiger partial charge in [0.25, 0.3) is 0 Å². The molecule has 1 aliphatic carbocycles. The van der Waals surface area contributed by atoms with E-state index in [1.54, 1.807) is 12.3 Å². The Kier molecular flexibility index (Phi) is 2.61. The molecule has 0 amide bonds. The van der Waals surface area contributed by atoms with Crippen molar-refractivity contribution in [3.05, 3.63) is 59.2 Å². The van der Waals surface area contributed by atoms with Gasteiger partial charge in [0.1, 0.15) is 12.4 Å². The summed E-state index contributed by atoms with van der Waals surface area (Å²) in [6, 6.07) is 7.98. The first-order valence-corrected chi connectivity index (χ1v) is 5.90. The molecule has 0 saturated carbocycles. The fourth-order valence-corrected chi connectivity index (χ4v) is 2.40. The van der Waals surface area contributed by atoms with Gasteiger partial charge in [-0.15, -0.1) is 0 Å². The lowest BCUT2D eigenvalue weighted by atomic mass is 10.0. The van der Waals surface area contributed by atoms with Crippen LogP contribution in [0.1, 0.15) is 34.9 Å². The molecular weight excluding hydrogens is 212 g/mol. The third-order valence-electron chi connectivity index (χ3n) is 3.32. The van der Waals surface area contributed by atoms with Crippen LogP contribution < -0.4 is 0 Å². The van der Waals surface area contributed by atoms with Crippen molar-refractivity contribution < 1.29 is 5.11 Å². The summed E-state index contributed by atoms with van der Waals surface area (Å²) >= 11 is 0. The van der Waals surface area contributed by atoms with E-state index in [4.69, 9.17) is 0 Å². The minimum absolute atomic E-state index is 0.649. The van der Waals surface area contributed by atoms with Crippen LogP contribution in [0.5, 0.6) is 0 Å². The third kappa shape index (κ3) is 1.94. The minimum Gasteiger partial charge on any atom is -0.382 e. The van der Waals surface area contributed by atoms with Crippen molar-refractivity contribution in [3.8, 4) is 0 Å². The maximum Gasteiger partial charge on any atom is 0.121 e. The van der Waals surface area contributed by atoms with Gasteiger partial charge in [-0.3, -0.25) is 0 Å². The first kappa shape index (κ1) is 10.4. The molecule has 1 aliphatic rings. The summed E-state index contributed by atoms with van der Waals surface area (Å²) in [6.45, 7) is 0. The molecule has 0 aliphatic heterocycles. The van der Waals surface area contributed by atoms with Gasteiger partial charge in [-0.05, 0) is 42.0 Å².